The van der Waals surface area contributed by atoms with Crippen molar-refractivity contribution in [3.8, 4) is 0 Å². The third-order valence-electron chi connectivity index (χ3n) is 2.88. The van der Waals surface area contributed by atoms with Crippen LogP contribution in [-0.2, 0) is 20.1 Å². The van der Waals surface area contributed by atoms with Gasteiger partial charge in [0.1, 0.15) is 12.4 Å². The number of aryl methyl sites for hydroxylation is 3. The van der Waals surface area contributed by atoms with Crippen LogP contribution in [0, 0.1) is 0 Å². The molecule has 0 saturated heterocycles. The molecule has 4 nitrogen and oxygen atoms in total. The van der Waals surface area contributed by atoms with E-state index < -0.39 is 0 Å². The maximum Gasteiger partial charge on any atom is 0.243 e. The lowest BCUT2D eigenvalue weighted by atomic mass is 10.2. The van der Waals surface area contributed by atoms with Crippen molar-refractivity contribution < 1.29 is 4.57 Å². The molecule has 0 fully saturated rings. The summed E-state index contributed by atoms with van der Waals surface area (Å²) in [6.07, 6.45) is 17.0. The Morgan fingerprint density at radius 2 is 1.84 bits per heavy atom. The molecule has 2 aromatic heterocycles. The van der Waals surface area contributed by atoms with Gasteiger partial charge < -0.3 is 4.57 Å². The number of rotatable bonds is 6. The van der Waals surface area contributed by atoms with Crippen molar-refractivity contribution >= 4 is 0 Å². The number of imidazole rings is 2. The van der Waals surface area contributed by atoms with E-state index in [0.29, 0.717) is 0 Å². The Morgan fingerprint density at radius 3 is 2.37 bits per heavy atom. The highest BCUT2D eigenvalue weighted by Crippen LogP contribution is 1.96. The topological polar surface area (TPSA) is 26.6 Å². The monoisotopic (exact) mass is 263 g/mol. The lowest BCUT2D eigenvalue weighted by Crippen LogP contribution is -2.23. The van der Waals surface area contributed by atoms with E-state index in [1.807, 2.05) is 12.5 Å². The fraction of sp³-hybridized carbons (Fsp3) is 0.600. The summed E-state index contributed by atoms with van der Waals surface area (Å²) in [5.74, 6) is 0. The Hall–Kier alpha value is -1.58. The average Bonchev–Trinajstić information content (AvgIpc) is 3.03. The molecule has 0 spiro atoms. The maximum absolute atomic E-state index is 3.90. The first-order valence-electron chi connectivity index (χ1n) is 7.23. The number of unbranched alkanes of at least 4 members (excludes halogenated alkanes) is 2. The molecule has 2 rings (SSSR count). The van der Waals surface area contributed by atoms with E-state index in [1.54, 1.807) is 6.20 Å². The van der Waals surface area contributed by atoms with E-state index in [2.05, 4.69) is 58.3 Å². The van der Waals surface area contributed by atoms with Gasteiger partial charge in [-0.1, -0.05) is 20.3 Å². The van der Waals surface area contributed by atoms with Crippen LogP contribution in [-0.4, -0.2) is 14.1 Å². The maximum atomic E-state index is 3.90. The van der Waals surface area contributed by atoms with Crippen LogP contribution in [0.4, 0.5) is 0 Å². The molecule has 0 amide bonds. The predicted molar refractivity (Wildman–Crippen MR) is 77.7 cm³/mol. The molecular weight excluding hydrogens is 236 g/mol. The van der Waals surface area contributed by atoms with Gasteiger partial charge >= 0.3 is 0 Å². The summed E-state index contributed by atoms with van der Waals surface area (Å²) in [6.45, 7) is 6.63. The SMILES string of the molecule is CCCCCn1cc[n+](C)c1.CCCn1ccnc1. The summed E-state index contributed by atoms with van der Waals surface area (Å²) >= 11 is 0. The molecule has 19 heavy (non-hydrogen) atoms. The first-order valence-corrected chi connectivity index (χ1v) is 7.23. The second-order valence-electron chi connectivity index (χ2n) is 4.82. The zero-order valence-corrected chi connectivity index (χ0v) is 12.5. The fourth-order valence-corrected chi connectivity index (χ4v) is 1.86. The number of hydrogen-bond acceptors (Lipinski definition) is 1. The van der Waals surface area contributed by atoms with E-state index in [9.17, 15) is 0 Å². The molecule has 0 aliphatic heterocycles. The summed E-state index contributed by atoms with van der Waals surface area (Å²) in [4.78, 5) is 3.90. The molecule has 0 radical (unpaired) electrons. The Morgan fingerprint density at radius 1 is 1.00 bits per heavy atom. The number of aromatic nitrogens is 4. The van der Waals surface area contributed by atoms with Crippen molar-refractivity contribution in [1.29, 1.82) is 0 Å². The quantitative estimate of drug-likeness (QED) is 0.581. The summed E-state index contributed by atoms with van der Waals surface area (Å²) in [5.41, 5.74) is 0. The van der Waals surface area contributed by atoms with Crippen LogP contribution < -0.4 is 4.57 Å². The summed E-state index contributed by atoms with van der Waals surface area (Å²) in [6, 6.07) is 0. The lowest BCUT2D eigenvalue weighted by Gasteiger charge is -1.93. The van der Waals surface area contributed by atoms with Gasteiger partial charge in [0.2, 0.25) is 6.33 Å². The third kappa shape index (κ3) is 6.79. The molecule has 0 saturated carbocycles. The van der Waals surface area contributed by atoms with Gasteiger partial charge in [0.15, 0.2) is 0 Å². The summed E-state index contributed by atoms with van der Waals surface area (Å²) in [7, 11) is 2.05. The standard InChI is InChI=1S/C9H17N2.C6H10N2/c1-3-4-5-6-11-8-7-10(2)9-11;1-2-4-8-5-3-7-6-8/h7-9H,3-6H2,1-2H3;3,5-6H,2,4H2,1H3/q+1;. The molecule has 106 valence electrons. The van der Waals surface area contributed by atoms with Crippen molar-refractivity contribution in [2.45, 2.75) is 52.6 Å². The Kier molecular flexibility index (Phi) is 7.63. The van der Waals surface area contributed by atoms with Gasteiger partial charge in [-0.3, -0.25) is 0 Å². The second-order valence-corrected chi connectivity index (χ2v) is 4.82. The zero-order valence-electron chi connectivity index (χ0n) is 12.5. The molecule has 0 unspecified atom stereocenters. The number of hydrogen-bond donors (Lipinski definition) is 0. The first-order chi connectivity index (χ1) is 9.26. The predicted octanol–water partition coefficient (Wildman–Crippen LogP) is 2.80. The molecule has 0 aliphatic carbocycles. The molecule has 0 aromatic carbocycles. The van der Waals surface area contributed by atoms with Crippen LogP contribution in [0.3, 0.4) is 0 Å². The van der Waals surface area contributed by atoms with Crippen molar-refractivity contribution in [1.82, 2.24) is 14.1 Å². The van der Waals surface area contributed by atoms with Crippen LogP contribution in [0.5, 0.6) is 0 Å². The summed E-state index contributed by atoms with van der Waals surface area (Å²) < 4.78 is 6.38. The smallest absolute Gasteiger partial charge is 0.243 e. The van der Waals surface area contributed by atoms with Gasteiger partial charge in [-0.2, -0.15) is 0 Å². The van der Waals surface area contributed by atoms with E-state index >= 15 is 0 Å². The lowest BCUT2D eigenvalue weighted by molar-refractivity contribution is -0.671. The molecule has 0 N–H and O–H groups in total. The Labute approximate surface area is 116 Å². The summed E-state index contributed by atoms with van der Waals surface area (Å²) in [5, 5.41) is 0. The van der Waals surface area contributed by atoms with Crippen molar-refractivity contribution in [3.63, 3.8) is 0 Å². The Bertz CT molecular complexity index is 417. The highest BCUT2D eigenvalue weighted by molar-refractivity contribution is 4.73. The van der Waals surface area contributed by atoms with Gasteiger partial charge in [0.05, 0.1) is 19.9 Å². The molecular formula is C15H27N4+. The molecule has 0 bridgehead atoms. The van der Waals surface area contributed by atoms with Crippen molar-refractivity contribution in [3.05, 3.63) is 37.4 Å². The van der Waals surface area contributed by atoms with E-state index in [-0.39, 0.29) is 0 Å². The van der Waals surface area contributed by atoms with Crippen LogP contribution in [0.25, 0.3) is 0 Å². The molecule has 2 aromatic rings. The zero-order chi connectivity index (χ0) is 13.9. The number of nitrogens with zero attached hydrogens (tertiary/aromatic N) is 4. The van der Waals surface area contributed by atoms with Gasteiger partial charge in [-0.15, -0.1) is 0 Å². The fourth-order valence-electron chi connectivity index (χ4n) is 1.86. The van der Waals surface area contributed by atoms with Crippen LogP contribution >= 0.6 is 0 Å². The van der Waals surface area contributed by atoms with E-state index in [4.69, 9.17) is 0 Å². The van der Waals surface area contributed by atoms with E-state index in [1.165, 1.54) is 25.7 Å². The minimum atomic E-state index is 1.08. The first kappa shape index (κ1) is 15.5. The van der Waals surface area contributed by atoms with Gasteiger partial charge in [-0.05, 0) is 19.3 Å². The van der Waals surface area contributed by atoms with Gasteiger partial charge in [-0.25, -0.2) is 14.1 Å². The van der Waals surface area contributed by atoms with E-state index in [0.717, 1.165) is 13.1 Å². The molecule has 2 heterocycles. The highest BCUT2D eigenvalue weighted by atomic mass is 15.1. The van der Waals surface area contributed by atoms with Gasteiger partial charge in [0.25, 0.3) is 0 Å². The molecule has 0 aliphatic rings. The highest BCUT2D eigenvalue weighted by Gasteiger charge is 1.97. The van der Waals surface area contributed by atoms with Crippen molar-refractivity contribution in [2.24, 2.45) is 7.05 Å². The minimum Gasteiger partial charge on any atom is -0.338 e. The largest absolute Gasteiger partial charge is 0.338 e. The average molecular weight is 263 g/mol. The van der Waals surface area contributed by atoms with Gasteiger partial charge in [0, 0.05) is 18.9 Å². The van der Waals surface area contributed by atoms with Crippen LogP contribution in [0.15, 0.2) is 37.4 Å². The minimum absolute atomic E-state index is 1.08. The molecule has 4 heteroatoms. The third-order valence-corrected chi connectivity index (χ3v) is 2.88. The normalized spacial score (nSPS) is 10.1. The van der Waals surface area contributed by atoms with Crippen LogP contribution in [0.1, 0.15) is 39.5 Å². The Balaban J connectivity index is 0.000000200. The van der Waals surface area contributed by atoms with Crippen molar-refractivity contribution in [2.75, 3.05) is 0 Å². The second kappa shape index (κ2) is 9.36. The molecule has 0 atom stereocenters. The van der Waals surface area contributed by atoms with Crippen LogP contribution in [0.2, 0.25) is 0 Å².